The fraction of sp³-hybridized carbons (Fsp3) is 0. The lowest BCUT2D eigenvalue weighted by Crippen LogP contribution is -2.03. The van der Waals surface area contributed by atoms with Crippen molar-refractivity contribution in [3.8, 4) is 0 Å². The minimum absolute atomic E-state index is 0.620. The molecule has 0 saturated heterocycles. The highest BCUT2D eigenvalue weighted by molar-refractivity contribution is 7.83. The molecule has 0 saturated carbocycles. The molecule has 2 aromatic rings. The zero-order valence-corrected chi connectivity index (χ0v) is 8.25. The van der Waals surface area contributed by atoms with Crippen LogP contribution >= 0.6 is 0 Å². The van der Waals surface area contributed by atoms with Gasteiger partial charge in [0.25, 0.3) is 0 Å². The van der Waals surface area contributed by atoms with E-state index >= 15 is 0 Å². The van der Waals surface area contributed by atoms with Gasteiger partial charge in [0, 0.05) is 16.5 Å². The summed E-state index contributed by atoms with van der Waals surface area (Å²) < 4.78 is 11.2. The van der Waals surface area contributed by atoms with Gasteiger partial charge < -0.3 is 5.73 Å². The fourth-order valence-electron chi connectivity index (χ4n) is 1.48. The molecule has 4 heteroatoms. The molecule has 0 aromatic heterocycles. The topological polar surface area (TPSA) is 69.1 Å². The SMILES string of the molecule is Nc1cccc2c(S(N)=O)cccc12. The lowest BCUT2D eigenvalue weighted by atomic mass is 10.1. The molecular weight excluding hydrogens is 196 g/mol. The highest BCUT2D eigenvalue weighted by atomic mass is 32.2. The third kappa shape index (κ3) is 1.38. The molecule has 3 nitrogen and oxygen atoms in total. The van der Waals surface area contributed by atoms with E-state index in [1.165, 1.54) is 0 Å². The number of nitrogens with two attached hydrogens (primary N) is 2. The summed E-state index contributed by atoms with van der Waals surface area (Å²) in [6.45, 7) is 0. The molecule has 0 spiro atoms. The molecular formula is C10H10N2OS. The van der Waals surface area contributed by atoms with Gasteiger partial charge in [-0.25, -0.2) is 9.35 Å². The Bertz CT molecular complexity index is 510. The molecule has 0 heterocycles. The van der Waals surface area contributed by atoms with Gasteiger partial charge in [-0.1, -0.05) is 24.3 Å². The summed E-state index contributed by atoms with van der Waals surface area (Å²) in [5.74, 6) is 0. The lowest BCUT2D eigenvalue weighted by Gasteiger charge is -2.04. The van der Waals surface area contributed by atoms with E-state index < -0.39 is 11.0 Å². The second-order valence-corrected chi connectivity index (χ2v) is 4.03. The summed E-state index contributed by atoms with van der Waals surface area (Å²) >= 11 is 0. The Balaban J connectivity index is 2.88. The number of hydrogen-bond donors (Lipinski definition) is 2. The van der Waals surface area contributed by atoms with E-state index in [-0.39, 0.29) is 0 Å². The van der Waals surface area contributed by atoms with E-state index in [0.717, 1.165) is 10.8 Å². The van der Waals surface area contributed by atoms with Crippen LogP contribution in [0.15, 0.2) is 41.3 Å². The van der Waals surface area contributed by atoms with Crippen LogP contribution in [-0.2, 0) is 11.0 Å². The van der Waals surface area contributed by atoms with Crippen molar-refractivity contribution in [2.75, 3.05) is 5.73 Å². The van der Waals surface area contributed by atoms with Gasteiger partial charge in [-0.2, -0.15) is 0 Å². The predicted octanol–water partition coefficient (Wildman–Crippen LogP) is 1.40. The van der Waals surface area contributed by atoms with Crippen molar-refractivity contribution in [1.29, 1.82) is 0 Å². The molecule has 2 rings (SSSR count). The highest BCUT2D eigenvalue weighted by Gasteiger charge is 2.05. The monoisotopic (exact) mass is 206 g/mol. The van der Waals surface area contributed by atoms with E-state index in [1.807, 2.05) is 24.3 Å². The van der Waals surface area contributed by atoms with Crippen LogP contribution in [0.1, 0.15) is 0 Å². The fourth-order valence-corrected chi connectivity index (χ4v) is 2.09. The summed E-state index contributed by atoms with van der Waals surface area (Å²) in [5.41, 5.74) is 6.46. The van der Waals surface area contributed by atoms with Gasteiger partial charge in [0.05, 0.1) is 4.90 Å². The third-order valence-corrected chi connectivity index (χ3v) is 2.92. The summed E-state index contributed by atoms with van der Waals surface area (Å²) in [7, 11) is -1.47. The van der Waals surface area contributed by atoms with Gasteiger partial charge in [0.15, 0.2) is 0 Å². The molecule has 72 valence electrons. The molecule has 14 heavy (non-hydrogen) atoms. The first-order chi connectivity index (χ1) is 6.70. The standard InChI is InChI=1S/C10H10N2OS/c11-9-5-1-4-8-7(9)3-2-6-10(8)14(12)13/h1-6H,11-12H2. The van der Waals surface area contributed by atoms with Gasteiger partial charge in [0.2, 0.25) is 0 Å². The maximum atomic E-state index is 11.2. The zero-order valence-electron chi connectivity index (χ0n) is 7.44. The summed E-state index contributed by atoms with van der Waals surface area (Å²) in [6.07, 6.45) is 0. The number of anilines is 1. The van der Waals surface area contributed by atoms with Crippen LogP contribution in [0.5, 0.6) is 0 Å². The average molecular weight is 206 g/mol. The first kappa shape index (κ1) is 9.18. The van der Waals surface area contributed by atoms with Gasteiger partial charge in [-0.15, -0.1) is 0 Å². The molecule has 2 aromatic carbocycles. The summed E-state index contributed by atoms with van der Waals surface area (Å²) in [4.78, 5) is 0.620. The molecule has 0 amide bonds. The second kappa shape index (κ2) is 3.40. The molecule has 0 bridgehead atoms. The third-order valence-electron chi connectivity index (χ3n) is 2.13. The Morgan fingerprint density at radius 2 is 1.64 bits per heavy atom. The van der Waals surface area contributed by atoms with Gasteiger partial charge in [-0.05, 0) is 12.1 Å². The minimum atomic E-state index is -1.47. The van der Waals surface area contributed by atoms with Crippen molar-refractivity contribution in [3.63, 3.8) is 0 Å². The van der Waals surface area contributed by atoms with Crippen molar-refractivity contribution in [1.82, 2.24) is 0 Å². The quantitative estimate of drug-likeness (QED) is 0.692. The second-order valence-electron chi connectivity index (χ2n) is 3.00. The normalized spacial score (nSPS) is 12.9. The summed E-state index contributed by atoms with van der Waals surface area (Å²) in [6, 6.07) is 10.9. The van der Waals surface area contributed by atoms with Crippen molar-refractivity contribution in [2.45, 2.75) is 4.90 Å². The Kier molecular flexibility index (Phi) is 2.23. The van der Waals surface area contributed by atoms with Gasteiger partial charge >= 0.3 is 0 Å². The average Bonchev–Trinajstić information content (AvgIpc) is 2.17. The van der Waals surface area contributed by atoms with Crippen LogP contribution in [0.3, 0.4) is 0 Å². The zero-order chi connectivity index (χ0) is 10.1. The van der Waals surface area contributed by atoms with Crippen LogP contribution in [0.2, 0.25) is 0 Å². The van der Waals surface area contributed by atoms with E-state index in [9.17, 15) is 4.21 Å². The van der Waals surface area contributed by atoms with Crippen LogP contribution in [-0.4, -0.2) is 4.21 Å². The van der Waals surface area contributed by atoms with E-state index in [2.05, 4.69) is 0 Å². The maximum absolute atomic E-state index is 11.2. The van der Waals surface area contributed by atoms with Gasteiger partial charge in [-0.3, -0.25) is 0 Å². The van der Waals surface area contributed by atoms with Gasteiger partial charge in [0.1, 0.15) is 11.0 Å². The van der Waals surface area contributed by atoms with Crippen LogP contribution in [0.25, 0.3) is 10.8 Å². The molecule has 1 atom stereocenters. The molecule has 1 unspecified atom stereocenters. The molecule has 0 aliphatic rings. The number of nitrogen functional groups attached to an aromatic ring is 1. The first-order valence-electron chi connectivity index (χ1n) is 4.13. The Hall–Kier alpha value is -1.39. The number of benzene rings is 2. The lowest BCUT2D eigenvalue weighted by molar-refractivity contribution is 0.685. The van der Waals surface area contributed by atoms with E-state index in [4.69, 9.17) is 10.9 Å². The molecule has 0 aliphatic heterocycles. The summed E-state index contributed by atoms with van der Waals surface area (Å²) in [5, 5.41) is 7.11. The van der Waals surface area contributed by atoms with Crippen molar-refractivity contribution in [2.24, 2.45) is 5.14 Å². The Morgan fingerprint density at radius 1 is 1.00 bits per heavy atom. The van der Waals surface area contributed by atoms with Crippen LogP contribution in [0, 0.1) is 0 Å². The number of fused-ring (bicyclic) bond motifs is 1. The van der Waals surface area contributed by atoms with E-state index in [0.29, 0.717) is 10.6 Å². The minimum Gasteiger partial charge on any atom is -0.398 e. The first-order valence-corrected chi connectivity index (χ1v) is 5.35. The van der Waals surface area contributed by atoms with Crippen molar-refractivity contribution < 1.29 is 4.21 Å². The molecule has 4 N–H and O–H groups in total. The molecule has 0 radical (unpaired) electrons. The maximum Gasteiger partial charge on any atom is 0.122 e. The number of hydrogen-bond acceptors (Lipinski definition) is 2. The Morgan fingerprint density at radius 3 is 2.36 bits per heavy atom. The van der Waals surface area contributed by atoms with Crippen molar-refractivity contribution in [3.05, 3.63) is 36.4 Å². The smallest absolute Gasteiger partial charge is 0.122 e. The largest absolute Gasteiger partial charge is 0.398 e. The molecule has 0 fully saturated rings. The van der Waals surface area contributed by atoms with E-state index in [1.54, 1.807) is 12.1 Å². The number of rotatable bonds is 1. The van der Waals surface area contributed by atoms with Crippen LogP contribution < -0.4 is 10.9 Å². The molecule has 0 aliphatic carbocycles. The van der Waals surface area contributed by atoms with Crippen molar-refractivity contribution >= 4 is 27.4 Å². The van der Waals surface area contributed by atoms with Crippen LogP contribution in [0.4, 0.5) is 5.69 Å². The predicted molar refractivity (Wildman–Crippen MR) is 59.0 cm³/mol. The highest BCUT2D eigenvalue weighted by Crippen LogP contribution is 2.24. The Labute approximate surface area is 84.3 Å².